The van der Waals surface area contributed by atoms with Crippen LogP contribution in [0.5, 0.6) is 0 Å². The molecule has 1 aliphatic carbocycles. The van der Waals surface area contributed by atoms with Crippen LogP contribution in [-0.4, -0.2) is 32.0 Å². The predicted octanol–water partition coefficient (Wildman–Crippen LogP) is 2.13. The highest BCUT2D eigenvalue weighted by Gasteiger charge is 2.56. The highest BCUT2D eigenvalue weighted by atomic mass is 35.5. The van der Waals surface area contributed by atoms with Crippen LogP contribution in [0.2, 0.25) is 0 Å². The van der Waals surface area contributed by atoms with Crippen molar-refractivity contribution in [2.24, 2.45) is 0 Å². The van der Waals surface area contributed by atoms with Crippen LogP contribution in [0.1, 0.15) is 0 Å². The maximum atomic E-state index is 11.2. The second-order valence-corrected chi connectivity index (χ2v) is 5.32. The van der Waals surface area contributed by atoms with E-state index in [1.54, 1.807) is 0 Å². The molecule has 0 spiro atoms. The molecule has 2 nitrogen and oxygen atoms in total. The van der Waals surface area contributed by atoms with Gasteiger partial charge in [0.2, 0.25) is 0 Å². The first-order valence-corrected chi connectivity index (χ1v) is 5.24. The van der Waals surface area contributed by atoms with Gasteiger partial charge in [0.1, 0.15) is 10.8 Å². The Labute approximate surface area is 99.4 Å². The SMILES string of the molecule is O=C1C(Cl)C(=O)C(Cl)C(Cl)(Cl)C1Cl. The molecule has 0 amide bonds. The fourth-order valence-electron chi connectivity index (χ4n) is 0.905. The molecule has 74 valence electrons. The lowest BCUT2D eigenvalue weighted by molar-refractivity contribution is -0.128. The van der Waals surface area contributed by atoms with E-state index >= 15 is 0 Å². The first-order valence-electron chi connectivity index (χ1n) is 3.17. The van der Waals surface area contributed by atoms with Crippen molar-refractivity contribution in [2.45, 2.75) is 20.5 Å². The van der Waals surface area contributed by atoms with Crippen molar-refractivity contribution in [3.8, 4) is 0 Å². The van der Waals surface area contributed by atoms with Crippen LogP contribution < -0.4 is 0 Å². The Bertz CT molecular complexity index is 240. The molecule has 1 fully saturated rings. The van der Waals surface area contributed by atoms with Gasteiger partial charge in [0, 0.05) is 0 Å². The number of carbonyl (C=O) groups excluding carboxylic acids is 2. The van der Waals surface area contributed by atoms with E-state index in [4.69, 9.17) is 58.0 Å². The summed E-state index contributed by atoms with van der Waals surface area (Å²) in [5.41, 5.74) is 0. The summed E-state index contributed by atoms with van der Waals surface area (Å²) in [4.78, 5) is 22.4. The van der Waals surface area contributed by atoms with Crippen LogP contribution in [0.15, 0.2) is 0 Å². The minimum Gasteiger partial charge on any atom is -0.296 e. The average molecular weight is 284 g/mol. The molecule has 1 saturated carbocycles. The average Bonchev–Trinajstić information content (AvgIpc) is 2.09. The van der Waals surface area contributed by atoms with Crippen LogP contribution in [0.25, 0.3) is 0 Å². The van der Waals surface area contributed by atoms with Gasteiger partial charge in [-0.15, -0.1) is 34.8 Å². The summed E-state index contributed by atoms with van der Waals surface area (Å²) in [5.74, 6) is -1.43. The summed E-state index contributed by atoms with van der Waals surface area (Å²) in [6, 6.07) is 0. The van der Waals surface area contributed by atoms with Crippen LogP contribution >= 0.6 is 58.0 Å². The number of Topliss-reactive ketones (excluding diaryl/α,β-unsaturated/α-hetero) is 2. The lowest BCUT2D eigenvalue weighted by Crippen LogP contribution is -2.56. The number of carbonyl (C=O) groups is 2. The zero-order valence-electron chi connectivity index (χ0n) is 5.94. The predicted molar refractivity (Wildman–Crippen MR) is 53.4 cm³/mol. The molecule has 0 saturated heterocycles. The molecule has 0 aromatic carbocycles. The summed E-state index contributed by atoms with van der Waals surface area (Å²) < 4.78 is -1.79. The Hall–Kier alpha value is 0.790. The molecule has 0 heterocycles. The van der Waals surface area contributed by atoms with Gasteiger partial charge < -0.3 is 0 Å². The van der Waals surface area contributed by atoms with Crippen molar-refractivity contribution < 1.29 is 9.59 Å². The summed E-state index contributed by atoms with van der Waals surface area (Å²) in [5, 5.41) is -3.88. The highest BCUT2D eigenvalue weighted by molar-refractivity contribution is 6.66. The minimum absolute atomic E-state index is 0.713. The number of halogens is 5. The van der Waals surface area contributed by atoms with E-state index < -0.39 is 32.0 Å². The number of ketones is 2. The van der Waals surface area contributed by atoms with E-state index in [0.29, 0.717) is 0 Å². The van der Waals surface area contributed by atoms with Gasteiger partial charge >= 0.3 is 0 Å². The van der Waals surface area contributed by atoms with Crippen molar-refractivity contribution in [1.29, 1.82) is 0 Å². The first-order chi connectivity index (χ1) is 5.80. The first kappa shape index (κ1) is 11.9. The monoisotopic (exact) mass is 282 g/mol. The smallest absolute Gasteiger partial charge is 0.179 e. The fourth-order valence-corrected chi connectivity index (χ4v) is 2.28. The van der Waals surface area contributed by atoms with Crippen molar-refractivity contribution >= 4 is 69.6 Å². The molecular weight excluding hydrogens is 281 g/mol. The topological polar surface area (TPSA) is 34.1 Å². The maximum Gasteiger partial charge on any atom is 0.179 e. The molecule has 0 N–H and O–H groups in total. The zero-order chi connectivity index (χ0) is 10.4. The number of hydrogen-bond donors (Lipinski definition) is 0. The zero-order valence-corrected chi connectivity index (χ0v) is 9.72. The van der Waals surface area contributed by atoms with Gasteiger partial charge in [0.05, 0.1) is 0 Å². The van der Waals surface area contributed by atoms with Crippen molar-refractivity contribution in [2.75, 3.05) is 0 Å². The van der Waals surface area contributed by atoms with Gasteiger partial charge in [0.15, 0.2) is 21.3 Å². The molecule has 0 aromatic rings. The van der Waals surface area contributed by atoms with Crippen molar-refractivity contribution in [1.82, 2.24) is 0 Å². The molecule has 0 aromatic heterocycles. The Morgan fingerprint density at radius 1 is 0.923 bits per heavy atom. The van der Waals surface area contributed by atoms with E-state index in [0.717, 1.165) is 0 Å². The lowest BCUT2D eigenvalue weighted by atomic mass is 9.95. The van der Waals surface area contributed by atoms with Gasteiger partial charge in [-0.05, 0) is 0 Å². The fraction of sp³-hybridized carbons (Fsp3) is 0.667. The molecule has 2 unspecified atom stereocenters. The number of alkyl halides is 5. The molecule has 2 atom stereocenters. The second-order valence-electron chi connectivity index (χ2n) is 2.57. The van der Waals surface area contributed by atoms with E-state index in [2.05, 4.69) is 0 Å². The largest absolute Gasteiger partial charge is 0.296 e. The summed E-state index contributed by atoms with van der Waals surface area (Å²) in [7, 11) is 0. The van der Waals surface area contributed by atoms with Gasteiger partial charge in [-0.3, -0.25) is 9.59 Å². The molecule has 7 heteroatoms. The Balaban J connectivity index is 3.07. The third-order valence-corrected chi connectivity index (χ3v) is 4.54. The van der Waals surface area contributed by atoms with E-state index in [9.17, 15) is 9.59 Å². The number of hydrogen-bond acceptors (Lipinski definition) is 2. The van der Waals surface area contributed by atoms with Gasteiger partial charge in [-0.25, -0.2) is 0 Å². The van der Waals surface area contributed by atoms with Crippen molar-refractivity contribution in [3.63, 3.8) is 0 Å². The lowest BCUT2D eigenvalue weighted by Gasteiger charge is -2.34. The van der Waals surface area contributed by atoms with E-state index in [1.165, 1.54) is 0 Å². The molecule has 0 bridgehead atoms. The van der Waals surface area contributed by atoms with Crippen molar-refractivity contribution in [3.05, 3.63) is 0 Å². The Morgan fingerprint density at radius 3 is 1.54 bits per heavy atom. The highest BCUT2D eigenvalue weighted by Crippen LogP contribution is 2.42. The van der Waals surface area contributed by atoms with Gasteiger partial charge in [-0.2, -0.15) is 0 Å². The van der Waals surface area contributed by atoms with Crippen LogP contribution in [0, 0.1) is 0 Å². The third kappa shape index (κ3) is 1.80. The van der Waals surface area contributed by atoms with Gasteiger partial charge in [-0.1, -0.05) is 23.2 Å². The van der Waals surface area contributed by atoms with Crippen LogP contribution in [0.3, 0.4) is 0 Å². The summed E-state index contributed by atoms with van der Waals surface area (Å²) in [6.07, 6.45) is 0. The van der Waals surface area contributed by atoms with Crippen LogP contribution in [0.4, 0.5) is 0 Å². The third-order valence-electron chi connectivity index (χ3n) is 1.68. The molecule has 1 rings (SSSR count). The van der Waals surface area contributed by atoms with E-state index in [-0.39, 0.29) is 0 Å². The minimum atomic E-state index is -1.79. The molecule has 0 aliphatic heterocycles. The van der Waals surface area contributed by atoms with Gasteiger partial charge in [0.25, 0.3) is 0 Å². The Morgan fingerprint density at radius 2 is 1.23 bits per heavy atom. The van der Waals surface area contributed by atoms with E-state index in [1.807, 2.05) is 0 Å². The Kier molecular flexibility index (Phi) is 3.42. The quantitative estimate of drug-likeness (QED) is 0.504. The van der Waals surface area contributed by atoms with Crippen LogP contribution in [-0.2, 0) is 9.59 Å². The molecular formula is C6H3Cl5O2. The summed E-state index contributed by atoms with van der Waals surface area (Å²) in [6.45, 7) is 0. The molecule has 0 radical (unpaired) electrons. The molecule has 13 heavy (non-hydrogen) atoms. The maximum absolute atomic E-state index is 11.2. The normalized spacial score (nSPS) is 39.3. The molecule has 1 aliphatic rings. The second kappa shape index (κ2) is 3.74. The standard InChI is InChI=1S/C6H3Cl5O2/c7-1-2(12)4(8)6(10,11)5(9)3(1)13/h1,4-5H. The number of rotatable bonds is 0. The summed E-state index contributed by atoms with van der Waals surface area (Å²) >= 11 is 27.9.